The van der Waals surface area contributed by atoms with Gasteiger partial charge in [-0.2, -0.15) is 0 Å². The Labute approximate surface area is 98.2 Å². The molecule has 2 fully saturated rings. The zero-order chi connectivity index (χ0) is 12.8. The van der Waals surface area contributed by atoms with Gasteiger partial charge >= 0.3 is 5.97 Å². The van der Waals surface area contributed by atoms with Crippen LogP contribution in [0.25, 0.3) is 0 Å². The Morgan fingerprint density at radius 2 is 1.94 bits per heavy atom. The van der Waals surface area contributed by atoms with Gasteiger partial charge in [0.25, 0.3) is 0 Å². The molecule has 17 heavy (non-hydrogen) atoms. The van der Waals surface area contributed by atoms with E-state index >= 15 is 0 Å². The maximum Gasteiger partial charge on any atom is 0.335 e. The lowest BCUT2D eigenvalue weighted by atomic mass is 10.1. The molecule has 0 aromatic rings. The molecule has 0 aromatic heterocycles. The first-order valence-corrected chi connectivity index (χ1v) is 5.30. The van der Waals surface area contributed by atoms with E-state index in [0.29, 0.717) is 0 Å². The predicted molar refractivity (Wildman–Crippen MR) is 53.1 cm³/mol. The second-order valence-electron chi connectivity index (χ2n) is 4.55. The fourth-order valence-corrected chi connectivity index (χ4v) is 2.23. The van der Waals surface area contributed by atoms with Crippen LogP contribution in [0, 0.1) is 0 Å². The number of rotatable bonds is 3. The van der Waals surface area contributed by atoms with Crippen LogP contribution in [0.4, 0.5) is 0 Å². The van der Waals surface area contributed by atoms with Gasteiger partial charge in [-0.15, -0.1) is 0 Å². The standard InChI is InChI=1S/C10H16O7/c1-10(2)16-5-4(6(14-3)8(11)12)15-9(13)7(5)17-10/h4-7,9,13H,1-3H3,(H,11,12)/t4-,5-,6-,7-,9-/m0/s1. The Bertz CT molecular complexity index is 316. The summed E-state index contributed by atoms with van der Waals surface area (Å²) in [5.74, 6) is -2.03. The highest BCUT2D eigenvalue weighted by molar-refractivity contribution is 5.73. The number of carboxylic acids is 1. The molecule has 7 heteroatoms. The monoisotopic (exact) mass is 248 g/mol. The van der Waals surface area contributed by atoms with Crippen LogP contribution in [0.2, 0.25) is 0 Å². The van der Waals surface area contributed by atoms with E-state index in [2.05, 4.69) is 0 Å². The molecule has 0 amide bonds. The molecule has 2 rings (SSSR count). The topological polar surface area (TPSA) is 94.5 Å². The van der Waals surface area contributed by atoms with Crippen molar-refractivity contribution in [3.8, 4) is 0 Å². The highest BCUT2D eigenvalue weighted by Gasteiger charge is 2.58. The number of ether oxygens (including phenoxy) is 4. The summed E-state index contributed by atoms with van der Waals surface area (Å²) >= 11 is 0. The molecule has 2 saturated heterocycles. The van der Waals surface area contributed by atoms with Gasteiger partial charge < -0.3 is 29.2 Å². The average Bonchev–Trinajstić information content (AvgIpc) is 2.65. The van der Waals surface area contributed by atoms with Crippen LogP contribution in [0.1, 0.15) is 13.8 Å². The van der Waals surface area contributed by atoms with E-state index in [-0.39, 0.29) is 0 Å². The van der Waals surface area contributed by atoms with Crippen molar-refractivity contribution < 1.29 is 34.0 Å². The van der Waals surface area contributed by atoms with Gasteiger partial charge in [0, 0.05) is 7.11 Å². The van der Waals surface area contributed by atoms with E-state index in [1.165, 1.54) is 7.11 Å². The third-order valence-corrected chi connectivity index (χ3v) is 2.86. The van der Waals surface area contributed by atoms with Crippen LogP contribution >= 0.6 is 0 Å². The van der Waals surface area contributed by atoms with Gasteiger partial charge in [0.2, 0.25) is 0 Å². The minimum absolute atomic E-state index is 0.652. The van der Waals surface area contributed by atoms with Crippen molar-refractivity contribution in [2.24, 2.45) is 0 Å². The molecular weight excluding hydrogens is 232 g/mol. The molecule has 2 aliphatic heterocycles. The van der Waals surface area contributed by atoms with Crippen LogP contribution in [0.5, 0.6) is 0 Å². The zero-order valence-electron chi connectivity index (χ0n) is 9.82. The molecular formula is C10H16O7. The van der Waals surface area contributed by atoms with E-state index < -0.39 is 42.5 Å². The van der Waals surface area contributed by atoms with E-state index in [9.17, 15) is 9.90 Å². The van der Waals surface area contributed by atoms with Crippen molar-refractivity contribution >= 4 is 5.97 Å². The summed E-state index contributed by atoms with van der Waals surface area (Å²) in [6.45, 7) is 3.38. The fraction of sp³-hybridized carbons (Fsp3) is 0.900. The first-order chi connectivity index (χ1) is 7.85. The fourth-order valence-electron chi connectivity index (χ4n) is 2.23. The first kappa shape index (κ1) is 12.7. The van der Waals surface area contributed by atoms with E-state index in [1.54, 1.807) is 13.8 Å². The summed E-state index contributed by atoms with van der Waals surface area (Å²) in [4.78, 5) is 11.0. The molecule has 0 spiro atoms. The molecule has 7 nitrogen and oxygen atoms in total. The normalized spacial score (nSPS) is 41.2. The van der Waals surface area contributed by atoms with Gasteiger partial charge in [-0.05, 0) is 13.8 Å². The van der Waals surface area contributed by atoms with E-state index in [0.717, 1.165) is 0 Å². The maximum absolute atomic E-state index is 11.0. The summed E-state index contributed by atoms with van der Waals surface area (Å²) in [6.07, 6.45) is -4.63. The predicted octanol–water partition coefficient (Wildman–Crippen LogP) is -0.677. The van der Waals surface area contributed by atoms with Crippen molar-refractivity contribution in [3.63, 3.8) is 0 Å². The minimum atomic E-state index is -1.20. The number of methoxy groups -OCH3 is 1. The molecule has 2 N–H and O–H groups in total. The SMILES string of the molecule is CO[C@H](C(=O)O)[C@H]1O[C@H](O)[C@H]2OC(C)(C)O[C@@H]12. The zero-order valence-corrected chi connectivity index (χ0v) is 9.82. The van der Waals surface area contributed by atoms with Gasteiger partial charge in [0.05, 0.1) is 0 Å². The van der Waals surface area contributed by atoms with Crippen LogP contribution in [0.3, 0.4) is 0 Å². The number of hydrogen-bond acceptors (Lipinski definition) is 6. The maximum atomic E-state index is 11.0. The van der Waals surface area contributed by atoms with E-state index in [1.807, 2.05) is 0 Å². The van der Waals surface area contributed by atoms with Gasteiger partial charge in [-0.1, -0.05) is 0 Å². The molecule has 98 valence electrons. The van der Waals surface area contributed by atoms with Crippen LogP contribution < -0.4 is 0 Å². The smallest absolute Gasteiger partial charge is 0.335 e. The highest BCUT2D eigenvalue weighted by atomic mass is 16.8. The van der Waals surface area contributed by atoms with Crippen LogP contribution in [-0.2, 0) is 23.7 Å². The number of aliphatic hydroxyl groups excluding tert-OH is 1. The second kappa shape index (κ2) is 4.18. The number of fused-ring (bicyclic) bond motifs is 1. The third-order valence-electron chi connectivity index (χ3n) is 2.86. The summed E-state index contributed by atoms with van der Waals surface area (Å²) in [7, 11) is 1.27. The van der Waals surface area contributed by atoms with Crippen LogP contribution in [-0.4, -0.2) is 59.8 Å². The summed E-state index contributed by atoms with van der Waals surface area (Å²) in [6, 6.07) is 0. The molecule has 0 radical (unpaired) electrons. The molecule has 2 aliphatic rings. The molecule has 5 atom stereocenters. The minimum Gasteiger partial charge on any atom is -0.479 e. The number of carbonyl (C=O) groups is 1. The molecule has 2 heterocycles. The Morgan fingerprint density at radius 1 is 1.35 bits per heavy atom. The average molecular weight is 248 g/mol. The van der Waals surface area contributed by atoms with E-state index in [4.69, 9.17) is 24.1 Å². The molecule has 0 unspecified atom stereocenters. The van der Waals surface area contributed by atoms with Gasteiger partial charge in [-0.3, -0.25) is 0 Å². The lowest BCUT2D eigenvalue weighted by Gasteiger charge is -2.25. The Hall–Kier alpha value is -0.730. The van der Waals surface area contributed by atoms with Crippen molar-refractivity contribution in [3.05, 3.63) is 0 Å². The number of carboxylic acid groups (broad SMARTS) is 1. The van der Waals surface area contributed by atoms with Crippen molar-refractivity contribution in [1.29, 1.82) is 0 Å². The summed E-state index contributed by atoms with van der Waals surface area (Å²) in [5.41, 5.74) is 0. The van der Waals surface area contributed by atoms with Gasteiger partial charge in [0.1, 0.15) is 18.3 Å². The lowest BCUT2D eigenvalue weighted by molar-refractivity contribution is -0.233. The molecule has 0 aliphatic carbocycles. The van der Waals surface area contributed by atoms with Gasteiger partial charge in [-0.25, -0.2) is 4.79 Å². The van der Waals surface area contributed by atoms with Gasteiger partial charge in [0.15, 0.2) is 18.2 Å². The van der Waals surface area contributed by atoms with Crippen molar-refractivity contribution in [2.75, 3.05) is 7.11 Å². The number of aliphatic hydroxyl groups is 1. The molecule has 0 saturated carbocycles. The molecule has 0 bridgehead atoms. The first-order valence-electron chi connectivity index (χ1n) is 5.30. The Kier molecular flexibility index (Phi) is 3.13. The number of aliphatic carboxylic acids is 1. The summed E-state index contributed by atoms with van der Waals surface area (Å²) < 4.78 is 21.0. The van der Waals surface area contributed by atoms with Crippen LogP contribution in [0.15, 0.2) is 0 Å². The highest BCUT2D eigenvalue weighted by Crippen LogP contribution is 2.39. The largest absolute Gasteiger partial charge is 0.479 e. The Morgan fingerprint density at radius 3 is 2.47 bits per heavy atom. The van der Waals surface area contributed by atoms with Crippen molar-refractivity contribution in [2.45, 2.75) is 50.3 Å². The molecule has 0 aromatic carbocycles. The Balaban J connectivity index is 2.18. The lowest BCUT2D eigenvalue weighted by Crippen LogP contribution is -2.44. The van der Waals surface area contributed by atoms with Crippen molar-refractivity contribution in [1.82, 2.24) is 0 Å². The third kappa shape index (κ3) is 2.16. The quantitative estimate of drug-likeness (QED) is 0.683. The summed E-state index contributed by atoms with van der Waals surface area (Å²) in [5, 5.41) is 18.6. The second-order valence-corrected chi connectivity index (χ2v) is 4.55. The number of hydrogen-bond donors (Lipinski definition) is 2.